The number of phenolic OH excluding ortho intramolecular Hbond substituents is 1. The summed E-state index contributed by atoms with van der Waals surface area (Å²) in [5.74, 6) is 0.449. The minimum absolute atomic E-state index is 0.449. The smallest absolute Gasteiger partial charge is 0.119 e. The summed E-state index contributed by atoms with van der Waals surface area (Å²) >= 11 is 0. The molecule has 0 aliphatic carbocycles. The molecule has 106 valence electrons. The summed E-state index contributed by atoms with van der Waals surface area (Å²) in [7, 11) is 0. The van der Waals surface area contributed by atoms with E-state index in [1.54, 1.807) is 6.07 Å². The van der Waals surface area contributed by atoms with Gasteiger partial charge >= 0.3 is 0 Å². The number of aromatic hydroxyl groups is 1. The zero-order valence-electron chi connectivity index (χ0n) is 12.3. The molecule has 1 nitrogen and oxygen atoms in total. The van der Waals surface area contributed by atoms with E-state index >= 15 is 0 Å². The third-order valence-corrected chi connectivity index (χ3v) is 3.64. The predicted molar refractivity (Wildman–Crippen MR) is 83.7 cm³/mol. The topological polar surface area (TPSA) is 20.2 Å². The lowest BCUT2D eigenvalue weighted by atomic mass is 9.97. The van der Waals surface area contributed by atoms with Crippen LogP contribution < -0.4 is 0 Å². The molecule has 0 bridgehead atoms. The highest BCUT2D eigenvalue weighted by Gasteiger charge is 2.06. The van der Waals surface area contributed by atoms with Crippen LogP contribution in [0.4, 0.5) is 0 Å². The predicted octanol–water partition coefficient (Wildman–Crippen LogP) is 5.41. The molecule has 0 spiro atoms. The molecule has 0 saturated carbocycles. The molecule has 0 aliphatic heterocycles. The van der Waals surface area contributed by atoms with Gasteiger partial charge in [-0.15, -0.1) is 6.58 Å². The Bertz CT molecular complexity index is 368. The number of unbranched alkanes of at least 4 members (excludes halogenated alkanes) is 6. The van der Waals surface area contributed by atoms with Crippen LogP contribution in [-0.4, -0.2) is 5.11 Å². The second kappa shape index (κ2) is 9.66. The zero-order valence-corrected chi connectivity index (χ0v) is 12.3. The minimum atomic E-state index is 0.449. The van der Waals surface area contributed by atoms with Gasteiger partial charge in [-0.1, -0.05) is 63.7 Å². The van der Waals surface area contributed by atoms with Gasteiger partial charge in [0.15, 0.2) is 0 Å². The van der Waals surface area contributed by atoms with Crippen molar-refractivity contribution in [2.24, 2.45) is 0 Å². The molecule has 0 aromatic heterocycles. The second-order valence-corrected chi connectivity index (χ2v) is 5.28. The molecule has 1 heteroatoms. The molecule has 0 atom stereocenters. The zero-order chi connectivity index (χ0) is 13.9. The molecule has 0 radical (unpaired) electrons. The maximum Gasteiger partial charge on any atom is 0.119 e. The van der Waals surface area contributed by atoms with Crippen LogP contribution in [0.15, 0.2) is 30.9 Å². The maximum absolute atomic E-state index is 9.96. The molecule has 1 rings (SSSR count). The van der Waals surface area contributed by atoms with E-state index in [0.29, 0.717) is 5.75 Å². The Morgan fingerprint density at radius 2 is 1.74 bits per heavy atom. The lowest BCUT2D eigenvalue weighted by molar-refractivity contribution is 0.465. The van der Waals surface area contributed by atoms with Crippen LogP contribution >= 0.6 is 0 Å². The normalized spacial score (nSPS) is 10.6. The molecule has 0 fully saturated rings. The van der Waals surface area contributed by atoms with Crippen LogP contribution in [-0.2, 0) is 12.8 Å². The molecule has 0 amide bonds. The number of benzene rings is 1. The van der Waals surface area contributed by atoms with Crippen molar-refractivity contribution in [2.45, 2.75) is 64.7 Å². The van der Waals surface area contributed by atoms with Crippen molar-refractivity contribution in [2.75, 3.05) is 0 Å². The maximum atomic E-state index is 9.96. The highest BCUT2D eigenvalue weighted by molar-refractivity contribution is 5.40. The van der Waals surface area contributed by atoms with Gasteiger partial charge in [-0.05, 0) is 36.5 Å². The average molecular weight is 260 g/mol. The van der Waals surface area contributed by atoms with Gasteiger partial charge in [-0.2, -0.15) is 0 Å². The summed E-state index contributed by atoms with van der Waals surface area (Å²) in [6.07, 6.45) is 12.9. The Kier molecular flexibility index (Phi) is 8.04. The van der Waals surface area contributed by atoms with Crippen molar-refractivity contribution in [3.05, 3.63) is 42.0 Å². The fourth-order valence-corrected chi connectivity index (χ4v) is 2.52. The van der Waals surface area contributed by atoms with Gasteiger partial charge in [-0.3, -0.25) is 0 Å². The third kappa shape index (κ3) is 5.96. The summed E-state index contributed by atoms with van der Waals surface area (Å²) < 4.78 is 0. The standard InChI is InChI=1S/C18H28O/c1-3-5-6-7-8-9-10-14-17-16(12-4-2)13-11-15-18(17)19/h4,11,13,15,19H,2-3,5-10,12,14H2,1H3. The molecular formula is C18H28O. The van der Waals surface area contributed by atoms with Crippen LogP contribution in [0.25, 0.3) is 0 Å². The minimum Gasteiger partial charge on any atom is -0.508 e. The summed E-state index contributed by atoms with van der Waals surface area (Å²) in [5.41, 5.74) is 2.34. The Hall–Kier alpha value is -1.24. The van der Waals surface area contributed by atoms with Gasteiger partial charge in [0.1, 0.15) is 5.75 Å². The van der Waals surface area contributed by atoms with Gasteiger partial charge < -0.3 is 5.11 Å². The first-order valence-corrected chi connectivity index (χ1v) is 7.70. The third-order valence-electron chi connectivity index (χ3n) is 3.64. The number of hydrogen-bond donors (Lipinski definition) is 1. The van der Waals surface area contributed by atoms with E-state index in [4.69, 9.17) is 0 Å². The number of allylic oxidation sites excluding steroid dienone is 1. The first-order valence-electron chi connectivity index (χ1n) is 7.70. The molecule has 0 aliphatic rings. The van der Waals surface area contributed by atoms with Gasteiger partial charge in [-0.25, -0.2) is 0 Å². The largest absolute Gasteiger partial charge is 0.508 e. The monoisotopic (exact) mass is 260 g/mol. The highest BCUT2D eigenvalue weighted by Crippen LogP contribution is 2.24. The van der Waals surface area contributed by atoms with E-state index in [-0.39, 0.29) is 0 Å². The van der Waals surface area contributed by atoms with E-state index in [9.17, 15) is 5.11 Å². The quantitative estimate of drug-likeness (QED) is 0.440. The summed E-state index contributed by atoms with van der Waals surface area (Å²) in [6, 6.07) is 5.81. The van der Waals surface area contributed by atoms with Crippen molar-refractivity contribution in [1.82, 2.24) is 0 Å². The summed E-state index contributed by atoms with van der Waals surface area (Å²) in [4.78, 5) is 0. The summed E-state index contributed by atoms with van der Waals surface area (Å²) in [6.45, 7) is 6.03. The van der Waals surface area contributed by atoms with Crippen LogP contribution in [0.5, 0.6) is 5.75 Å². The first-order chi connectivity index (χ1) is 9.29. The van der Waals surface area contributed by atoms with Crippen LogP contribution in [0.2, 0.25) is 0 Å². The van der Waals surface area contributed by atoms with Crippen molar-refractivity contribution >= 4 is 0 Å². The lowest BCUT2D eigenvalue weighted by Gasteiger charge is -2.10. The van der Waals surface area contributed by atoms with Crippen molar-refractivity contribution in [1.29, 1.82) is 0 Å². The second-order valence-electron chi connectivity index (χ2n) is 5.28. The van der Waals surface area contributed by atoms with E-state index in [1.165, 1.54) is 50.5 Å². The van der Waals surface area contributed by atoms with Gasteiger partial charge in [0.05, 0.1) is 0 Å². The Labute approximate surface area is 118 Å². The molecule has 0 heterocycles. The van der Waals surface area contributed by atoms with Gasteiger partial charge in [0, 0.05) is 0 Å². The molecule has 1 N–H and O–H groups in total. The first kappa shape index (κ1) is 15.8. The van der Waals surface area contributed by atoms with Crippen molar-refractivity contribution < 1.29 is 5.11 Å². The average Bonchev–Trinajstić information content (AvgIpc) is 2.41. The number of phenols is 1. The molecular weight excluding hydrogens is 232 g/mol. The summed E-state index contributed by atoms with van der Waals surface area (Å²) in [5, 5.41) is 9.96. The van der Waals surface area contributed by atoms with E-state index in [2.05, 4.69) is 19.6 Å². The Morgan fingerprint density at radius 3 is 2.42 bits per heavy atom. The van der Waals surface area contributed by atoms with E-state index < -0.39 is 0 Å². The van der Waals surface area contributed by atoms with Crippen LogP contribution in [0, 0.1) is 0 Å². The van der Waals surface area contributed by atoms with Crippen molar-refractivity contribution in [3.63, 3.8) is 0 Å². The molecule has 1 aromatic carbocycles. The Morgan fingerprint density at radius 1 is 1.05 bits per heavy atom. The molecule has 19 heavy (non-hydrogen) atoms. The fraction of sp³-hybridized carbons (Fsp3) is 0.556. The lowest BCUT2D eigenvalue weighted by Crippen LogP contribution is -1.94. The van der Waals surface area contributed by atoms with Gasteiger partial charge in [0.2, 0.25) is 0 Å². The highest BCUT2D eigenvalue weighted by atomic mass is 16.3. The van der Waals surface area contributed by atoms with Crippen LogP contribution in [0.3, 0.4) is 0 Å². The van der Waals surface area contributed by atoms with E-state index in [1.807, 2.05) is 12.1 Å². The van der Waals surface area contributed by atoms with Crippen molar-refractivity contribution in [3.8, 4) is 5.75 Å². The molecule has 1 aromatic rings. The fourth-order valence-electron chi connectivity index (χ4n) is 2.52. The van der Waals surface area contributed by atoms with Gasteiger partial charge in [0.25, 0.3) is 0 Å². The number of hydrogen-bond acceptors (Lipinski definition) is 1. The molecule has 0 saturated heterocycles. The number of rotatable bonds is 10. The molecule has 0 unspecified atom stereocenters. The van der Waals surface area contributed by atoms with E-state index in [0.717, 1.165) is 18.4 Å². The van der Waals surface area contributed by atoms with Crippen LogP contribution in [0.1, 0.15) is 63.0 Å². The Balaban J connectivity index is 2.34. The SMILES string of the molecule is C=CCc1cccc(O)c1CCCCCCCCC.